The van der Waals surface area contributed by atoms with Gasteiger partial charge in [0.1, 0.15) is 12.6 Å². The molecular weight excluding hydrogens is 314 g/mol. The third-order valence-corrected chi connectivity index (χ3v) is 4.29. The molecule has 0 radical (unpaired) electrons. The van der Waals surface area contributed by atoms with E-state index in [1.807, 2.05) is 38.3 Å². The minimum Gasteiger partial charge on any atom is -0.326 e. The van der Waals surface area contributed by atoms with Crippen molar-refractivity contribution in [2.75, 3.05) is 18.1 Å². The van der Waals surface area contributed by atoms with Crippen molar-refractivity contribution in [3.63, 3.8) is 0 Å². The number of nitrogens with zero attached hydrogens (tertiary/aromatic N) is 1. The molecule has 0 aromatic heterocycles. The smallest absolute Gasteiger partial charge is 0.325 e. The Morgan fingerprint density at radius 1 is 1.35 bits per heavy atom. The first kappa shape index (κ1) is 17.3. The molecule has 6 nitrogen and oxygen atoms in total. The Bertz CT molecular complexity index is 618. The summed E-state index contributed by atoms with van der Waals surface area (Å²) >= 11 is 1.51. The molecule has 124 valence electrons. The predicted octanol–water partition coefficient (Wildman–Crippen LogP) is 2.31. The molecule has 7 heteroatoms. The lowest BCUT2D eigenvalue weighted by Crippen LogP contribution is -2.38. The second kappa shape index (κ2) is 7.50. The van der Waals surface area contributed by atoms with Crippen LogP contribution in [0.2, 0.25) is 0 Å². The zero-order valence-corrected chi connectivity index (χ0v) is 14.3. The molecule has 0 saturated carbocycles. The van der Waals surface area contributed by atoms with Gasteiger partial charge in [0, 0.05) is 4.90 Å². The van der Waals surface area contributed by atoms with Gasteiger partial charge in [0.25, 0.3) is 5.91 Å². The Labute approximate surface area is 140 Å². The van der Waals surface area contributed by atoms with Crippen molar-refractivity contribution in [3.8, 4) is 0 Å². The zero-order chi connectivity index (χ0) is 17.0. The van der Waals surface area contributed by atoms with Gasteiger partial charge in [0.15, 0.2) is 0 Å². The fourth-order valence-electron chi connectivity index (χ4n) is 2.44. The minimum atomic E-state index is -0.534. The first-order chi connectivity index (χ1) is 10.9. The first-order valence-electron chi connectivity index (χ1n) is 7.47. The number of benzene rings is 1. The highest BCUT2D eigenvalue weighted by Gasteiger charge is 2.38. The predicted molar refractivity (Wildman–Crippen MR) is 90.3 cm³/mol. The van der Waals surface area contributed by atoms with Crippen LogP contribution in [0.25, 0.3) is 0 Å². The van der Waals surface area contributed by atoms with E-state index in [1.165, 1.54) is 11.8 Å². The Hall–Kier alpha value is -2.02. The number of para-hydroxylation sites is 1. The molecule has 1 heterocycles. The van der Waals surface area contributed by atoms with Gasteiger partial charge in [0.05, 0.1) is 5.69 Å². The van der Waals surface area contributed by atoms with Gasteiger partial charge in [-0.15, -0.1) is 11.8 Å². The molecule has 1 aromatic rings. The highest BCUT2D eigenvalue weighted by Crippen LogP contribution is 2.24. The normalized spacial score (nSPS) is 17.6. The molecule has 1 atom stereocenters. The maximum Gasteiger partial charge on any atom is 0.325 e. The van der Waals surface area contributed by atoms with Crippen LogP contribution in [0.15, 0.2) is 29.2 Å². The molecule has 23 heavy (non-hydrogen) atoms. The van der Waals surface area contributed by atoms with Gasteiger partial charge >= 0.3 is 6.03 Å². The Morgan fingerprint density at radius 3 is 2.70 bits per heavy atom. The van der Waals surface area contributed by atoms with Crippen molar-refractivity contribution >= 4 is 35.3 Å². The van der Waals surface area contributed by atoms with E-state index < -0.39 is 12.1 Å². The first-order valence-corrected chi connectivity index (χ1v) is 8.69. The average Bonchev–Trinajstić information content (AvgIpc) is 2.74. The summed E-state index contributed by atoms with van der Waals surface area (Å²) in [5.74, 6) is -0.441. The number of rotatable bonds is 6. The number of urea groups is 1. The van der Waals surface area contributed by atoms with E-state index >= 15 is 0 Å². The van der Waals surface area contributed by atoms with Gasteiger partial charge in [-0.2, -0.15) is 0 Å². The van der Waals surface area contributed by atoms with E-state index in [4.69, 9.17) is 0 Å². The van der Waals surface area contributed by atoms with E-state index in [9.17, 15) is 14.4 Å². The lowest BCUT2D eigenvalue weighted by molar-refractivity contribution is -0.131. The number of anilines is 1. The number of carbonyl (C=O) groups is 3. The minimum absolute atomic E-state index is 0.276. The Balaban J connectivity index is 2.00. The number of thioether (sulfide) groups is 1. The quantitative estimate of drug-likeness (QED) is 0.618. The summed E-state index contributed by atoms with van der Waals surface area (Å²) in [6.07, 6.45) is 2.48. The van der Waals surface area contributed by atoms with E-state index in [0.29, 0.717) is 12.1 Å². The summed E-state index contributed by atoms with van der Waals surface area (Å²) in [7, 11) is 0. The number of hydrogen-bond acceptors (Lipinski definition) is 4. The summed E-state index contributed by atoms with van der Waals surface area (Å²) in [6.45, 7) is 3.68. The van der Waals surface area contributed by atoms with E-state index in [-0.39, 0.29) is 24.3 Å². The molecule has 1 unspecified atom stereocenters. The van der Waals surface area contributed by atoms with Crippen molar-refractivity contribution in [3.05, 3.63) is 24.3 Å². The van der Waals surface area contributed by atoms with Crippen LogP contribution in [0, 0.1) is 5.92 Å². The van der Waals surface area contributed by atoms with Crippen LogP contribution < -0.4 is 10.6 Å². The molecular formula is C16H21N3O3S. The molecule has 1 saturated heterocycles. The van der Waals surface area contributed by atoms with E-state index in [0.717, 1.165) is 9.80 Å². The third-order valence-electron chi connectivity index (χ3n) is 3.50. The summed E-state index contributed by atoms with van der Waals surface area (Å²) in [6, 6.07) is 6.35. The molecule has 1 aliphatic heterocycles. The molecule has 2 rings (SSSR count). The fraction of sp³-hybridized carbons (Fsp3) is 0.438. The number of carbonyl (C=O) groups excluding carboxylic acids is 3. The van der Waals surface area contributed by atoms with Gasteiger partial charge in [-0.05, 0) is 30.7 Å². The molecule has 1 aliphatic rings. The second-order valence-corrected chi connectivity index (χ2v) is 6.65. The number of imide groups is 1. The van der Waals surface area contributed by atoms with Gasteiger partial charge in [-0.1, -0.05) is 26.0 Å². The monoisotopic (exact) mass is 335 g/mol. The van der Waals surface area contributed by atoms with Gasteiger partial charge < -0.3 is 10.6 Å². The van der Waals surface area contributed by atoms with Crippen LogP contribution in [0.4, 0.5) is 10.5 Å². The molecule has 4 amide bonds. The van der Waals surface area contributed by atoms with Crippen molar-refractivity contribution < 1.29 is 14.4 Å². The fourth-order valence-corrected chi connectivity index (χ4v) is 2.99. The highest BCUT2D eigenvalue weighted by molar-refractivity contribution is 7.98. The van der Waals surface area contributed by atoms with Crippen LogP contribution in [0.5, 0.6) is 0 Å². The maximum atomic E-state index is 12.2. The third kappa shape index (κ3) is 4.25. The van der Waals surface area contributed by atoms with E-state index in [2.05, 4.69) is 10.6 Å². The topological polar surface area (TPSA) is 78.5 Å². The van der Waals surface area contributed by atoms with Crippen molar-refractivity contribution in [2.24, 2.45) is 5.92 Å². The summed E-state index contributed by atoms with van der Waals surface area (Å²) in [4.78, 5) is 38.2. The second-order valence-electron chi connectivity index (χ2n) is 5.80. The summed E-state index contributed by atoms with van der Waals surface area (Å²) in [5.41, 5.74) is 0.677. The summed E-state index contributed by atoms with van der Waals surface area (Å²) in [5, 5.41) is 5.38. The number of hydrogen-bond donors (Lipinski definition) is 2. The number of nitrogens with one attached hydrogen (secondary N) is 2. The molecule has 1 aromatic carbocycles. The highest BCUT2D eigenvalue weighted by atomic mass is 32.2. The van der Waals surface area contributed by atoms with E-state index in [1.54, 1.807) is 6.07 Å². The van der Waals surface area contributed by atoms with Crippen molar-refractivity contribution in [1.82, 2.24) is 10.2 Å². The van der Waals surface area contributed by atoms with Crippen LogP contribution in [0.1, 0.15) is 20.3 Å². The standard InChI is InChI=1S/C16H21N3O3S/c1-10(2)8-12-15(21)19(16(22)18-12)9-14(20)17-11-6-4-5-7-13(11)23-3/h4-7,10,12H,8-9H2,1-3H3,(H,17,20)(H,18,22). The summed E-state index contributed by atoms with van der Waals surface area (Å²) < 4.78 is 0. The lowest BCUT2D eigenvalue weighted by Gasteiger charge is -2.14. The molecule has 0 spiro atoms. The molecule has 1 fully saturated rings. The molecule has 0 aliphatic carbocycles. The van der Waals surface area contributed by atoms with Crippen LogP contribution in [-0.2, 0) is 9.59 Å². The molecule has 2 N–H and O–H groups in total. The van der Waals surface area contributed by atoms with Crippen LogP contribution in [-0.4, -0.2) is 41.6 Å². The Morgan fingerprint density at radius 2 is 2.04 bits per heavy atom. The van der Waals surface area contributed by atoms with Crippen LogP contribution in [0.3, 0.4) is 0 Å². The van der Waals surface area contributed by atoms with Crippen LogP contribution >= 0.6 is 11.8 Å². The lowest BCUT2D eigenvalue weighted by atomic mass is 10.0. The van der Waals surface area contributed by atoms with Crippen molar-refractivity contribution in [2.45, 2.75) is 31.2 Å². The Kier molecular flexibility index (Phi) is 5.65. The zero-order valence-electron chi connectivity index (χ0n) is 13.5. The largest absolute Gasteiger partial charge is 0.326 e. The SMILES string of the molecule is CSc1ccccc1NC(=O)CN1C(=O)NC(CC(C)C)C1=O. The van der Waals surface area contributed by atoms with Gasteiger partial charge in [-0.3, -0.25) is 14.5 Å². The van der Waals surface area contributed by atoms with Gasteiger partial charge in [-0.25, -0.2) is 4.79 Å². The maximum absolute atomic E-state index is 12.2. The molecule has 0 bridgehead atoms. The van der Waals surface area contributed by atoms with Gasteiger partial charge in [0.2, 0.25) is 5.91 Å². The van der Waals surface area contributed by atoms with Crippen molar-refractivity contribution in [1.29, 1.82) is 0 Å². The number of amides is 4. The average molecular weight is 335 g/mol.